The average molecular weight is 251 g/mol. The zero-order valence-corrected chi connectivity index (χ0v) is 11.3. The van der Waals surface area contributed by atoms with Crippen molar-refractivity contribution >= 4 is 6.09 Å². The molecule has 1 aliphatic carbocycles. The summed E-state index contributed by atoms with van der Waals surface area (Å²) in [4.78, 5) is 13.6. The molecule has 1 saturated heterocycles. The minimum Gasteiger partial charge on any atom is -0.444 e. The molecule has 2 atom stereocenters. The summed E-state index contributed by atoms with van der Waals surface area (Å²) in [5.41, 5.74) is -0.462. The van der Waals surface area contributed by atoms with Crippen LogP contribution < -0.4 is 5.32 Å². The summed E-state index contributed by atoms with van der Waals surface area (Å²) in [5, 5.41) is 11.9. The highest BCUT2D eigenvalue weighted by atomic mass is 16.6. The Morgan fingerprint density at radius 1 is 1.33 bits per heavy atom. The zero-order chi connectivity index (χ0) is 13.3. The van der Waals surface area contributed by atoms with Crippen LogP contribution in [0.3, 0.4) is 0 Å². The first-order valence-electron chi connectivity index (χ1n) is 6.53. The predicted molar refractivity (Wildman–Crippen MR) is 66.6 cm³/mol. The van der Waals surface area contributed by atoms with E-state index in [1.54, 1.807) is 4.90 Å². The lowest BCUT2D eigenvalue weighted by Gasteiger charge is -2.35. The third-order valence-corrected chi connectivity index (χ3v) is 3.66. The number of hydrogen-bond acceptors (Lipinski definition) is 4. The lowest BCUT2D eigenvalue weighted by molar-refractivity contribution is 0.0445. The third kappa shape index (κ3) is 2.87. The molecule has 5 heteroatoms. The molecule has 0 radical (unpaired) electrons. The second-order valence-electron chi connectivity index (χ2n) is 6.27. The number of rotatable bonds is 1. The maximum absolute atomic E-state index is 11.8. The lowest BCUT2D eigenvalue weighted by Crippen LogP contribution is -2.52. The van der Waals surface area contributed by atoms with E-state index in [2.05, 4.69) is 11.5 Å². The minimum absolute atomic E-state index is 0.171. The van der Waals surface area contributed by atoms with Gasteiger partial charge in [0.05, 0.1) is 0 Å². The number of carbonyl (C=O) groups is 1. The van der Waals surface area contributed by atoms with Gasteiger partial charge in [0.25, 0.3) is 0 Å². The smallest absolute Gasteiger partial charge is 0.407 e. The Labute approximate surface area is 108 Å². The molecule has 1 N–H and O–H groups in total. The number of likely N-dealkylation sites (tertiary alicyclic amines) is 1. The number of amides is 1. The van der Waals surface area contributed by atoms with Crippen LogP contribution in [-0.2, 0) is 4.74 Å². The van der Waals surface area contributed by atoms with Crippen molar-refractivity contribution in [2.24, 2.45) is 11.8 Å². The molecule has 1 heterocycles. The highest BCUT2D eigenvalue weighted by Crippen LogP contribution is 2.36. The van der Waals surface area contributed by atoms with Crippen LogP contribution in [0.2, 0.25) is 0 Å². The van der Waals surface area contributed by atoms with Crippen LogP contribution >= 0.6 is 0 Å². The number of ether oxygens (including phenoxy) is 1. The molecule has 0 aromatic carbocycles. The first kappa shape index (κ1) is 13.0. The first-order valence-corrected chi connectivity index (χ1v) is 6.53. The number of piperidine rings is 1. The molecule has 1 saturated carbocycles. The largest absolute Gasteiger partial charge is 0.444 e. The van der Waals surface area contributed by atoms with Gasteiger partial charge in [-0.2, -0.15) is 5.26 Å². The summed E-state index contributed by atoms with van der Waals surface area (Å²) in [6, 6.07) is 0.171. The van der Waals surface area contributed by atoms with Crippen molar-refractivity contribution in [1.29, 1.82) is 5.26 Å². The Hall–Kier alpha value is -1.44. The quantitative estimate of drug-likeness (QED) is 0.720. The second-order valence-corrected chi connectivity index (χ2v) is 6.27. The summed E-state index contributed by atoms with van der Waals surface area (Å²) < 4.78 is 5.29. The number of hydrogen-bond donors (Lipinski definition) is 1. The van der Waals surface area contributed by atoms with Gasteiger partial charge in [-0.05, 0) is 45.4 Å². The van der Waals surface area contributed by atoms with Crippen molar-refractivity contribution < 1.29 is 9.53 Å². The maximum atomic E-state index is 11.8. The summed E-state index contributed by atoms with van der Waals surface area (Å²) in [5.74, 6) is 0.770. The second kappa shape index (κ2) is 4.68. The number of nitriles is 1. The van der Waals surface area contributed by atoms with E-state index >= 15 is 0 Å². The van der Waals surface area contributed by atoms with Gasteiger partial charge in [0.15, 0.2) is 6.19 Å². The zero-order valence-electron chi connectivity index (χ0n) is 11.3. The molecular formula is C13H21N3O2. The molecule has 18 heavy (non-hydrogen) atoms. The standard InChI is InChI=1S/C13H21N3O2/c1-13(2,3)18-12(17)15-11-9-4-5-10(11)7-16(6-9)8-14/h9-11H,4-7H2,1-3H3,(H,15,17). The van der Waals surface area contributed by atoms with Crippen LogP contribution in [-0.4, -0.2) is 35.7 Å². The van der Waals surface area contributed by atoms with Gasteiger partial charge in [-0.3, -0.25) is 0 Å². The molecule has 2 unspecified atom stereocenters. The normalized spacial score (nSPS) is 30.8. The number of fused-ring (bicyclic) bond motifs is 2. The van der Waals surface area contributed by atoms with E-state index in [1.807, 2.05) is 20.8 Å². The van der Waals surface area contributed by atoms with Crippen molar-refractivity contribution in [2.75, 3.05) is 13.1 Å². The van der Waals surface area contributed by atoms with Gasteiger partial charge in [-0.15, -0.1) is 0 Å². The van der Waals surface area contributed by atoms with Gasteiger partial charge in [0.2, 0.25) is 0 Å². The van der Waals surface area contributed by atoms with E-state index < -0.39 is 5.60 Å². The van der Waals surface area contributed by atoms with Gasteiger partial charge in [-0.1, -0.05) is 0 Å². The van der Waals surface area contributed by atoms with Gasteiger partial charge in [0.1, 0.15) is 5.60 Å². The Balaban J connectivity index is 1.92. The molecular weight excluding hydrogens is 230 g/mol. The summed E-state index contributed by atoms with van der Waals surface area (Å²) in [6.07, 6.45) is 4.04. The SMILES string of the molecule is CC(C)(C)OC(=O)NC1C2CCC1CN(C#N)C2. The van der Waals surface area contributed by atoms with Crippen LogP contribution in [0.4, 0.5) is 4.79 Å². The first-order chi connectivity index (χ1) is 8.39. The van der Waals surface area contributed by atoms with Crippen molar-refractivity contribution in [1.82, 2.24) is 10.2 Å². The van der Waals surface area contributed by atoms with Gasteiger partial charge < -0.3 is 15.0 Å². The van der Waals surface area contributed by atoms with Crippen LogP contribution in [0.1, 0.15) is 33.6 Å². The molecule has 2 aliphatic rings. The topological polar surface area (TPSA) is 65.4 Å². The Kier molecular flexibility index (Phi) is 3.38. The number of nitrogens with one attached hydrogen (secondary N) is 1. The van der Waals surface area contributed by atoms with Crippen LogP contribution in [0, 0.1) is 23.3 Å². The van der Waals surface area contributed by atoms with Crippen LogP contribution in [0.15, 0.2) is 0 Å². The van der Waals surface area contributed by atoms with Crippen molar-refractivity contribution in [3.8, 4) is 6.19 Å². The summed E-state index contributed by atoms with van der Waals surface area (Å²) in [7, 11) is 0. The maximum Gasteiger partial charge on any atom is 0.407 e. The molecule has 1 amide bonds. The highest BCUT2D eigenvalue weighted by Gasteiger charge is 2.43. The molecule has 2 fully saturated rings. The van der Waals surface area contributed by atoms with Gasteiger partial charge >= 0.3 is 6.09 Å². The summed E-state index contributed by atoms with van der Waals surface area (Å²) in [6.45, 7) is 7.10. The average Bonchev–Trinajstić information content (AvgIpc) is 2.49. The Morgan fingerprint density at radius 2 is 1.89 bits per heavy atom. The van der Waals surface area contributed by atoms with E-state index in [-0.39, 0.29) is 12.1 Å². The van der Waals surface area contributed by atoms with Crippen LogP contribution in [0.5, 0.6) is 0 Å². The lowest BCUT2D eigenvalue weighted by atomic mass is 9.93. The van der Waals surface area contributed by atoms with Crippen molar-refractivity contribution in [3.05, 3.63) is 0 Å². The van der Waals surface area contributed by atoms with Crippen molar-refractivity contribution in [2.45, 2.75) is 45.3 Å². The molecule has 2 bridgehead atoms. The third-order valence-electron chi connectivity index (χ3n) is 3.66. The number of carbonyl (C=O) groups excluding carboxylic acids is 1. The Bertz CT molecular complexity index is 355. The van der Waals surface area contributed by atoms with E-state index in [9.17, 15) is 4.79 Å². The number of nitrogens with zero attached hydrogens (tertiary/aromatic N) is 2. The monoisotopic (exact) mass is 251 g/mol. The van der Waals surface area contributed by atoms with E-state index in [1.165, 1.54) is 0 Å². The molecule has 1 aliphatic heterocycles. The van der Waals surface area contributed by atoms with Crippen LogP contribution in [0.25, 0.3) is 0 Å². The fourth-order valence-corrected chi connectivity index (χ4v) is 2.98. The molecule has 100 valence electrons. The van der Waals surface area contributed by atoms with E-state index in [0.717, 1.165) is 25.9 Å². The Morgan fingerprint density at radius 3 is 2.33 bits per heavy atom. The molecule has 2 rings (SSSR count). The van der Waals surface area contributed by atoms with Crippen molar-refractivity contribution in [3.63, 3.8) is 0 Å². The number of alkyl carbamates (subject to hydrolysis) is 1. The fourth-order valence-electron chi connectivity index (χ4n) is 2.98. The van der Waals surface area contributed by atoms with Gasteiger partial charge in [-0.25, -0.2) is 4.79 Å². The van der Waals surface area contributed by atoms with E-state index in [4.69, 9.17) is 10.00 Å². The molecule has 0 aromatic rings. The fraction of sp³-hybridized carbons (Fsp3) is 0.846. The molecule has 5 nitrogen and oxygen atoms in total. The highest BCUT2D eigenvalue weighted by molar-refractivity contribution is 5.68. The van der Waals surface area contributed by atoms with E-state index in [0.29, 0.717) is 11.8 Å². The summed E-state index contributed by atoms with van der Waals surface area (Å²) >= 11 is 0. The van der Waals surface area contributed by atoms with Gasteiger partial charge in [0, 0.05) is 19.1 Å². The predicted octanol–water partition coefficient (Wildman–Crippen LogP) is 1.70. The minimum atomic E-state index is -0.462. The molecule has 0 aromatic heterocycles. The molecule has 0 spiro atoms.